The Balaban J connectivity index is 2.28. The monoisotopic (exact) mass is 220 g/mol. The lowest BCUT2D eigenvalue weighted by Gasteiger charge is -2.28. The average Bonchev–Trinajstić information content (AvgIpc) is 2.29. The van der Waals surface area contributed by atoms with Crippen LogP contribution in [0.25, 0.3) is 0 Å². The number of carbonyl (C=O) groups is 1. The number of nitrogens with one attached hydrogen (secondary N) is 1. The van der Waals surface area contributed by atoms with Crippen LogP contribution in [0.15, 0.2) is 18.2 Å². The lowest BCUT2D eigenvalue weighted by molar-refractivity contribution is 0.0526. The van der Waals surface area contributed by atoms with Gasteiger partial charge in [0.2, 0.25) is 0 Å². The first kappa shape index (κ1) is 10.8. The molecule has 0 atom stereocenters. The van der Waals surface area contributed by atoms with Crippen LogP contribution in [0.2, 0.25) is 0 Å². The summed E-state index contributed by atoms with van der Waals surface area (Å²) in [5, 5.41) is 3.28. The van der Waals surface area contributed by atoms with E-state index in [4.69, 9.17) is 4.74 Å². The summed E-state index contributed by atoms with van der Waals surface area (Å²) >= 11 is 0. The van der Waals surface area contributed by atoms with Crippen molar-refractivity contribution in [3.8, 4) is 0 Å². The summed E-state index contributed by atoms with van der Waals surface area (Å²) in [6, 6.07) is 5.61. The molecule has 16 heavy (non-hydrogen) atoms. The highest BCUT2D eigenvalue weighted by atomic mass is 16.5. The highest BCUT2D eigenvalue weighted by molar-refractivity contribution is 5.92. The van der Waals surface area contributed by atoms with Crippen molar-refractivity contribution in [2.24, 2.45) is 0 Å². The second kappa shape index (κ2) is 4.43. The molecule has 1 N–H and O–H groups in total. The van der Waals surface area contributed by atoms with Gasteiger partial charge in [0.1, 0.15) is 0 Å². The summed E-state index contributed by atoms with van der Waals surface area (Å²) in [6.45, 7) is 4.09. The van der Waals surface area contributed by atoms with Gasteiger partial charge in [-0.15, -0.1) is 0 Å². The summed E-state index contributed by atoms with van der Waals surface area (Å²) in [5.74, 6) is -0.264. The lowest BCUT2D eigenvalue weighted by atomic mass is 10.1. The van der Waals surface area contributed by atoms with E-state index in [1.165, 1.54) is 0 Å². The Kier molecular flexibility index (Phi) is 2.99. The molecule has 0 saturated heterocycles. The molecule has 1 aromatic carbocycles. The second-order valence-electron chi connectivity index (χ2n) is 3.80. The first-order valence-corrected chi connectivity index (χ1v) is 5.48. The molecule has 1 aromatic rings. The predicted molar refractivity (Wildman–Crippen MR) is 64.2 cm³/mol. The van der Waals surface area contributed by atoms with E-state index in [9.17, 15) is 4.79 Å². The zero-order valence-electron chi connectivity index (χ0n) is 9.62. The fraction of sp³-hybridized carbons (Fsp3) is 0.417. The minimum Gasteiger partial charge on any atom is -0.462 e. The largest absolute Gasteiger partial charge is 0.462 e. The van der Waals surface area contributed by atoms with Gasteiger partial charge < -0.3 is 15.0 Å². The van der Waals surface area contributed by atoms with Gasteiger partial charge in [-0.1, -0.05) is 0 Å². The topological polar surface area (TPSA) is 41.6 Å². The number of carbonyl (C=O) groups excluding carboxylic acids is 1. The van der Waals surface area contributed by atoms with Gasteiger partial charge in [0.25, 0.3) is 0 Å². The van der Waals surface area contributed by atoms with Crippen molar-refractivity contribution >= 4 is 17.3 Å². The molecule has 0 saturated carbocycles. The smallest absolute Gasteiger partial charge is 0.338 e. The first-order chi connectivity index (χ1) is 7.72. The molecular weight excluding hydrogens is 204 g/mol. The molecule has 2 rings (SSSR count). The van der Waals surface area contributed by atoms with Crippen LogP contribution in [-0.4, -0.2) is 32.7 Å². The van der Waals surface area contributed by atoms with Crippen molar-refractivity contribution in [2.45, 2.75) is 6.92 Å². The normalized spacial score (nSPS) is 14.0. The van der Waals surface area contributed by atoms with Crippen LogP contribution in [-0.2, 0) is 4.74 Å². The summed E-state index contributed by atoms with van der Waals surface area (Å²) in [5.41, 5.74) is 2.72. The second-order valence-corrected chi connectivity index (χ2v) is 3.80. The molecule has 1 aliphatic rings. The van der Waals surface area contributed by atoms with Gasteiger partial charge in [-0.25, -0.2) is 4.79 Å². The molecule has 1 heterocycles. The lowest BCUT2D eigenvalue weighted by Crippen LogP contribution is -2.30. The van der Waals surface area contributed by atoms with Crippen LogP contribution in [0, 0.1) is 0 Å². The average molecular weight is 220 g/mol. The predicted octanol–water partition coefficient (Wildman–Crippen LogP) is 1.72. The van der Waals surface area contributed by atoms with Crippen LogP contribution in [0.1, 0.15) is 17.3 Å². The van der Waals surface area contributed by atoms with Crippen molar-refractivity contribution in [3.05, 3.63) is 23.8 Å². The number of hydrogen-bond donors (Lipinski definition) is 1. The van der Waals surface area contributed by atoms with E-state index in [1.54, 1.807) is 6.07 Å². The van der Waals surface area contributed by atoms with E-state index < -0.39 is 0 Å². The number of benzene rings is 1. The minimum absolute atomic E-state index is 0.264. The minimum atomic E-state index is -0.264. The molecular formula is C12H16N2O2. The highest BCUT2D eigenvalue weighted by Crippen LogP contribution is 2.28. The molecule has 0 fully saturated rings. The maximum Gasteiger partial charge on any atom is 0.338 e. The quantitative estimate of drug-likeness (QED) is 0.771. The number of hydrogen-bond acceptors (Lipinski definition) is 4. The van der Waals surface area contributed by atoms with Crippen LogP contribution in [0.4, 0.5) is 11.4 Å². The van der Waals surface area contributed by atoms with Gasteiger partial charge in [0.05, 0.1) is 23.5 Å². The Bertz CT molecular complexity index is 404. The number of ether oxygens (including phenoxy) is 1. The van der Waals surface area contributed by atoms with E-state index in [0.29, 0.717) is 12.2 Å². The van der Waals surface area contributed by atoms with Crippen molar-refractivity contribution in [3.63, 3.8) is 0 Å². The van der Waals surface area contributed by atoms with Gasteiger partial charge >= 0.3 is 5.97 Å². The molecule has 0 spiro atoms. The Morgan fingerprint density at radius 2 is 2.38 bits per heavy atom. The third kappa shape index (κ3) is 1.96. The molecule has 0 aromatic heterocycles. The van der Waals surface area contributed by atoms with Gasteiger partial charge in [0, 0.05) is 20.1 Å². The number of likely N-dealkylation sites (N-methyl/N-ethyl adjacent to an activating group) is 1. The molecule has 4 heteroatoms. The molecule has 0 radical (unpaired) electrons. The van der Waals surface area contributed by atoms with Crippen molar-refractivity contribution in [1.29, 1.82) is 0 Å². The standard InChI is InChI=1S/C12H16N2O2/c1-3-16-12(15)9-4-5-11-10(8-9)13-6-7-14(11)2/h4-5,8,13H,3,6-7H2,1-2H3. The van der Waals surface area contributed by atoms with Crippen LogP contribution in [0.3, 0.4) is 0 Å². The maximum absolute atomic E-state index is 11.5. The maximum atomic E-state index is 11.5. The van der Waals surface area contributed by atoms with Crippen molar-refractivity contribution in [2.75, 3.05) is 37.0 Å². The van der Waals surface area contributed by atoms with E-state index in [-0.39, 0.29) is 5.97 Å². The Hall–Kier alpha value is -1.71. The van der Waals surface area contributed by atoms with E-state index in [1.807, 2.05) is 26.1 Å². The molecule has 0 unspecified atom stereocenters. The number of esters is 1. The highest BCUT2D eigenvalue weighted by Gasteiger charge is 2.15. The first-order valence-electron chi connectivity index (χ1n) is 5.48. The summed E-state index contributed by atoms with van der Waals surface area (Å²) < 4.78 is 4.97. The zero-order chi connectivity index (χ0) is 11.5. The van der Waals surface area contributed by atoms with E-state index in [0.717, 1.165) is 24.5 Å². The molecule has 1 aliphatic heterocycles. The number of rotatable bonds is 2. The summed E-state index contributed by atoms with van der Waals surface area (Å²) in [6.07, 6.45) is 0. The third-order valence-corrected chi connectivity index (χ3v) is 2.68. The number of nitrogens with zero attached hydrogens (tertiary/aromatic N) is 1. The molecule has 4 nitrogen and oxygen atoms in total. The van der Waals surface area contributed by atoms with Crippen LogP contribution >= 0.6 is 0 Å². The van der Waals surface area contributed by atoms with Gasteiger partial charge in [0.15, 0.2) is 0 Å². The Morgan fingerprint density at radius 3 is 3.12 bits per heavy atom. The van der Waals surface area contributed by atoms with Crippen LogP contribution in [0.5, 0.6) is 0 Å². The summed E-state index contributed by atoms with van der Waals surface area (Å²) in [4.78, 5) is 13.7. The van der Waals surface area contributed by atoms with Gasteiger partial charge in [-0.2, -0.15) is 0 Å². The zero-order valence-corrected chi connectivity index (χ0v) is 9.62. The fourth-order valence-electron chi connectivity index (χ4n) is 1.83. The van der Waals surface area contributed by atoms with Crippen molar-refractivity contribution < 1.29 is 9.53 Å². The van der Waals surface area contributed by atoms with Gasteiger partial charge in [-0.3, -0.25) is 0 Å². The Labute approximate surface area is 95.2 Å². The van der Waals surface area contributed by atoms with E-state index >= 15 is 0 Å². The van der Waals surface area contributed by atoms with Crippen molar-refractivity contribution in [1.82, 2.24) is 0 Å². The molecule has 0 aliphatic carbocycles. The third-order valence-electron chi connectivity index (χ3n) is 2.68. The van der Waals surface area contributed by atoms with E-state index in [2.05, 4.69) is 10.2 Å². The SMILES string of the molecule is CCOC(=O)c1ccc2c(c1)NCCN2C. The molecule has 0 bridgehead atoms. The molecule has 0 amide bonds. The Morgan fingerprint density at radius 1 is 1.56 bits per heavy atom. The molecule has 86 valence electrons. The van der Waals surface area contributed by atoms with Gasteiger partial charge in [-0.05, 0) is 25.1 Å². The number of anilines is 2. The summed E-state index contributed by atoms with van der Waals surface area (Å²) in [7, 11) is 2.05. The number of fused-ring (bicyclic) bond motifs is 1. The van der Waals surface area contributed by atoms with Crippen LogP contribution < -0.4 is 10.2 Å². The fourth-order valence-corrected chi connectivity index (χ4v) is 1.83.